The van der Waals surface area contributed by atoms with Crippen LogP contribution < -0.4 is 10.5 Å². The largest absolute Gasteiger partial charge is 0.457 e. The Hall–Kier alpha value is -1.94. The van der Waals surface area contributed by atoms with Crippen LogP contribution in [0.1, 0.15) is 29.5 Å². The van der Waals surface area contributed by atoms with Gasteiger partial charge in [-0.1, -0.05) is 18.3 Å². The fraction of sp³-hybridized carbons (Fsp3) is 0.235. The quantitative estimate of drug-likeness (QED) is 0.866. The zero-order chi connectivity index (χ0) is 14.8. The maximum atomic E-state index is 13.3. The number of ether oxygens (including phenoxy) is 1. The monoisotopic (exact) mass is 301 g/mol. The molecule has 0 radical (unpaired) electrons. The van der Waals surface area contributed by atoms with Crippen molar-refractivity contribution in [2.45, 2.75) is 25.7 Å². The first-order valence-electron chi connectivity index (χ1n) is 7.02. The molecule has 0 atom stereocenters. The van der Waals surface area contributed by atoms with Gasteiger partial charge in [0.2, 0.25) is 0 Å². The van der Waals surface area contributed by atoms with Crippen molar-refractivity contribution in [3.05, 3.63) is 58.9 Å². The lowest BCUT2D eigenvalue weighted by molar-refractivity contribution is 0.477. The van der Waals surface area contributed by atoms with Crippen LogP contribution in [-0.2, 0) is 12.8 Å². The van der Waals surface area contributed by atoms with Gasteiger partial charge in [-0.15, -0.1) is 0 Å². The number of rotatable bonds is 3. The lowest BCUT2D eigenvalue weighted by atomic mass is 9.92. The molecule has 2 aromatic rings. The molecule has 0 unspecified atom stereocenters. The Morgan fingerprint density at radius 2 is 1.81 bits per heavy atom. The van der Waals surface area contributed by atoms with Crippen LogP contribution in [-0.4, -0.2) is 4.99 Å². The molecular weight excluding hydrogens is 285 g/mol. The molecule has 0 aliphatic heterocycles. The van der Waals surface area contributed by atoms with Crippen molar-refractivity contribution >= 4 is 17.2 Å². The van der Waals surface area contributed by atoms with Gasteiger partial charge in [-0.25, -0.2) is 4.39 Å². The Balaban J connectivity index is 1.92. The summed E-state index contributed by atoms with van der Waals surface area (Å²) in [7, 11) is 0. The smallest absolute Gasteiger partial charge is 0.137 e. The van der Waals surface area contributed by atoms with E-state index in [9.17, 15) is 4.39 Å². The highest BCUT2D eigenvalue weighted by molar-refractivity contribution is 7.80. The van der Waals surface area contributed by atoms with E-state index in [2.05, 4.69) is 12.1 Å². The molecule has 2 nitrogen and oxygen atoms in total. The normalized spacial score (nSPS) is 13.6. The molecule has 108 valence electrons. The standard InChI is InChI=1S/C17H16FNOS/c18-13-6-8-16(15(10-13)17(19)21)20-14-7-5-11-3-1-2-4-12(11)9-14/h5-10H,1-4H2,(H2,19,21). The Bertz CT molecular complexity index is 699. The lowest BCUT2D eigenvalue weighted by Crippen LogP contribution is -2.11. The molecule has 0 heterocycles. The van der Waals surface area contributed by atoms with Crippen LogP contribution in [0.2, 0.25) is 0 Å². The molecule has 0 saturated heterocycles. The van der Waals surface area contributed by atoms with Crippen molar-refractivity contribution in [3.8, 4) is 11.5 Å². The molecule has 0 bridgehead atoms. The maximum Gasteiger partial charge on any atom is 0.137 e. The second-order valence-electron chi connectivity index (χ2n) is 5.24. The summed E-state index contributed by atoms with van der Waals surface area (Å²) >= 11 is 4.95. The van der Waals surface area contributed by atoms with Crippen molar-refractivity contribution < 1.29 is 9.13 Å². The van der Waals surface area contributed by atoms with E-state index in [0.29, 0.717) is 11.3 Å². The van der Waals surface area contributed by atoms with Crippen LogP contribution >= 0.6 is 12.2 Å². The number of nitrogens with two attached hydrogens (primary N) is 1. The third kappa shape index (κ3) is 3.05. The van der Waals surface area contributed by atoms with Crippen LogP contribution in [0.25, 0.3) is 0 Å². The summed E-state index contributed by atoms with van der Waals surface area (Å²) in [6, 6.07) is 10.3. The number of aryl methyl sites for hydroxylation is 2. The molecule has 0 fully saturated rings. The molecule has 4 heteroatoms. The van der Waals surface area contributed by atoms with E-state index in [4.69, 9.17) is 22.7 Å². The molecule has 21 heavy (non-hydrogen) atoms. The Labute approximate surface area is 128 Å². The van der Waals surface area contributed by atoms with E-state index < -0.39 is 0 Å². The fourth-order valence-corrected chi connectivity index (χ4v) is 2.84. The average molecular weight is 301 g/mol. The Morgan fingerprint density at radius 3 is 2.57 bits per heavy atom. The maximum absolute atomic E-state index is 13.3. The molecule has 0 amide bonds. The molecule has 2 aromatic carbocycles. The summed E-state index contributed by atoms with van der Waals surface area (Å²) in [4.78, 5) is 0.127. The highest BCUT2D eigenvalue weighted by Gasteiger charge is 2.12. The summed E-state index contributed by atoms with van der Waals surface area (Å²) in [5.74, 6) is 0.843. The minimum atomic E-state index is -0.379. The van der Waals surface area contributed by atoms with E-state index in [1.807, 2.05) is 6.07 Å². The van der Waals surface area contributed by atoms with E-state index in [1.165, 1.54) is 36.1 Å². The van der Waals surface area contributed by atoms with Gasteiger partial charge in [0.15, 0.2) is 0 Å². The molecule has 0 aromatic heterocycles. The molecule has 1 aliphatic carbocycles. The summed E-state index contributed by atoms with van der Waals surface area (Å²) < 4.78 is 19.2. The van der Waals surface area contributed by atoms with Gasteiger partial charge in [0.25, 0.3) is 0 Å². The molecule has 1 aliphatic rings. The molecular formula is C17H16FNOS. The second kappa shape index (κ2) is 5.82. The average Bonchev–Trinajstić information content (AvgIpc) is 2.49. The summed E-state index contributed by atoms with van der Waals surface area (Å²) in [5, 5.41) is 0. The minimum Gasteiger partial charge on any atom is -0.457 e. The fourth-order valence-electron chi connectivity index (χ4n) is 2.68. The zero-order valence-electron chi connectivity index (χ0n) is 11.6. The van der Waals surface area contributed by atoms with Crippen molar-refractivity contribution in [2.75, 3.05) is 0 Å². The number of benzene rings is 2. The number of halogens is 1. The third-order valence-corrected chi connectivity index (χ3v) is 3.97. The van der Waals surface area contributed by atoms with Gasteiger partial charge in [-0.05, 0) is 67.1 Å². The number of hydrogen-bond donors (Lipinski definition) is 1. The lowest BCUT2D eigenvalue weighted by Gasteiger charge is -2.17. The van der Waals surface area contributed by atoms with Gasteiger partial charge < -0.3 is 10.5 Å². The zero-order valence-corrected chi connectivity index (χ0v) is 12.4. The van der Waals surface area contributed by atoms with Crippen molar-refractivity contribution in [3.63, 3.8) is 0 Å². The van der Waals surface area contributed by atoms with E-state index in [0.717, 1.165) is 18.6 Å². The van der Waals surface area contributed by atoms with Gasteiger partial charge in [0, 0.05) is 0 Å². The molecule has 2 N–H and O–H groups in total. The van der Waals surface area contributed by atoms with Crippen molar-refractivity contribution in [2.24, 2.45) is 5.73 Å². The number of hydrogen-bond acceptors (Lipinski definition) is 2. The SMILES string of the molecule is NC(=S)c1cc(F)ccc1Oc1ccc2c(c1)CCCC2. The highest BCUT2D eigenvalue weighted by atomic mass is 32.1. The molecule has 3 rings (SSSR count). The first-order valence-corrected chi connectivity index (χ1v) is 7.43. The van der Waals surface area contributed by atoms with Gasteiger partial charge in [0.05, 0.1) is 5.56 Å². The van der Waals surface area contributed by atoms with Crippen LogP contribution in [0.4, 0.5) is 4.39 Å². The summed E-state index contributed by atoms with van der Waals surface area (Å²) in [6.07, 6.45) is 4.67. The van der Waals surface area contributed by atoms with Gasteiger partial charge in [0.1, 0.15) is 22.3 Å². The van der Waals surface area contributed by atoms with E-state index in [1.54, 1.807) is 6.07 Å². The second-order valence-corrected chi connectivity index (χ2v) is 5.68. The van der Waals surface area contributed by atoms with E-state index >= 15 is 0 Å². The Kier molecular flexibility index (Phi) is 3.88. The molecule has 0 saturated carbocycles. The minimum absolute atomic E-state index is 0.127. The summed E-state index contributed by atoms with van der Waals surface area (Å²) in [6.45, 7) is 0. The third-order valence-electron chi connectivity index (χ3n) is 3.75. The highest BCUT2D eigenvalue weighted by Crippen LogP contribution is 2.30. The van der Waals surface area contributed by atoms with Crippen LogP contribution in [0.3, 0.4) is 0 Å². The van der Waals surface area contributed by atoms with Crippen molar-refractivity contribution in [1.82, 2.24) is 0 Å². The van der Waals surface area contributed by atoms with Crippen LogP contribution in [0.5, 0.6) is 11.5 Å². The molecule has 0 spiro atoms. The van der Waals surface area contributed by atoms with Crippen LogP contribution in [0, 0.1) is 5.82 Å². The topological polar surface area (TPSA) is 35.2 Å². The first kappa shape index (κ1) is 14.0. The van der Waals surface area contributed by atoms with Gasteiger partial charge in [-0.2, -0.15) is 0 Å². The predicted octanol–water partition coefficient (Wildman–Crippen LogP) is 4.13. The van der Waals surface area contributed by atoms with E-state index in [-0.39, 0.29) is 10.8 Å². The number of fused-ring (bicyclic) bond motifs is 1. The van der Waals surface area contributed by atoms with Gasteiger partial charge in [-0.3, -0.25) is 0 Å². The summed E-state index contributed by atoms with van der Waals surface area (Å²) in [5.41, 5.74) is 8.77. The Morgan fingerprint density at radius 1 is 1.05 bits per heavy atom. The van der Waals surface area contributed by atoms with Gasteiger partial charge >= 0.3 is 0 Å². The van der Waals surface area contributed by atoms with Crippen LogP contribution in [0.15, 0.2) is 36.4 Å². The predicted molar refractivity (Wildman–Crippen MR) is 85.4 cm³/mol. The van der Waals surface area contributed by atoms with Crippen molar-refractivity contribution in [1.29, 1.82) is 0 Å². The number of thiocarbonyl (C=S) groups is 1. The first-order chi connectivity index (χ1) is 10.1.